The third-order valence-electron chi connectivity index (χ3n) is 4.90. The minimum atomic E-state index is -0.639. The molecule has 3 aliphatic rings. The van der Waals surface area contributed by atoms with Crippen molar-refractivity contribution >= 4 is 5.97 Å². The van der Waals surface area contributed by atoms with E-state index in [1.165, 1.54) is 6.42 Å². The summed E-state index contributed by atoms with van der Waals surface area (Å²) in [4.78, 5) is 11.7. The van der Waals surface area contributed by atoms with Crippen molar-refractivity contribution < 1.29 is 19.4 Å². The highest BCUT2D eigenvalue weighted by Crippen LogP contribution is 2.55. The van der Waals surface area contributed by atoms with Crippen molar-refractivity contribution in [2.45, 2.75) is 50.7 Å². The van der Waals surface area contributed by atoms with Crippen LogP contribution in [0.2, 0.25) is 0 Å². The van der Waals surface area contributed by atoms with E-state index in [4.69, 9.17) is 9.47 Å². The van der Waals surface area contributed by atoms with Gasteiger partial charge in [-0.3, -0.25) is 4.79 Å². The maximum absolute atomic E-state index is 11.7. The van der Waals surface area contributed by atoms with Crippen LogP contribution < -0.4 is 0 Å². The molecule has 1 saturated heterocycles. The first-order valence-electron chi connectivity index (χ1n) is 6.68. The fourth-order valence-electron chi connectivity index (χ4n) is 4.03. The molecule has 17 heavy (non-hydrogen) atoms. The van der Waals surface area contributed by atoms with Gasteiger partial charge >= 0.3 is 5.97 Å². The molecular formula is C13H20O4. The van der Waals surface area contributed by atoms with E-state index in [0.29, 0.717) is 25.6 Å². The fraction of sp³-hybridized carbons (Fsp3) is 0.923. The smallest absolute Gasteiger partial charge is 0.310 e. The Kier molecular flexibility index (Phi) is 2.67. The molecule has 1 spiro atoms. The second-order valence-corrected chi connectivity index (χ2v) is 5.73. The van der Waals surface area contributed by atoms with Crippen LogP contribution in [0, 0.1) is 11.3 Å². The van der Waals surface area contributed by atoms with Crippen LogP contribution in [0.1, 0.15) is 44.9 Å². The number of rotatable bonds is 1. The summed E-state index contributed by atoms with van der Waals surface area (Å²) >= 11 is 0. The van der Waals surface area contributed by atoms with Crippen LogP contribution in [0.3, 0.4) is 0 Å². The van der Waals surface area contributed by atoms with E-state index in [2.05, 4.69) is 0 Å². The Labute approximate surface area is 101 Å². The van der Waals surface area contributed by atoms with Gasteiger partial charge in [0.05, 0.1) is 18.6 Å². The molecule has 2 aliphatic carbocycles. The van der Waals surface area contributed by atoms with Gasteiger partial charge in [-0.05, 0) is 25.2 Å². The summed E-state index contributed by atoms with van der Waals surface area (Å²) in [7, 11) is 0. The van der Waals surface area contributed by atoms with Gasteiger partial charge in [0.25, 0.3) is 0 Å². The van der Waals surface area contributed by atoms with Gasteiger partial charge in [0.1, 0.15) is 0 Å². The van der Waals surface area contributed by atoms with Gasteiger partial charge in [-0.2, -0.15) is 0 Å². The third kappa shape index (κ3) is 1.69. The first-order chi connectivity index (χ1) is 8.17. The number of ether oxygens (including phenoxy) is 2. The predicted octanol–water partition coefficient (Wildman–Crippen LogP) is 2.17. The van der Waals surface area contributed by atoms with Crippen LogP contribution in [0.4, 0.5) is 0 Å². The monoisotopic (exact) mass is 240 g/mol. The zero-order valence-corrected chi connectivity index (χ0v) is 10.1. The zero-order valence-electron chi connectivity index (χ0n) is 10.1. The standard InChI is InChI=1S/C13H20O4/c14-11(15)12-5-2-1-3-10(12)4-6-13(9-12)16-7-8-17-13/h10H,1-9H2,(H,14,15). The van der Waals surface area contributed by atoms with E-state index in [0.717, 1.165) is 32.1 Å². The molecule has 0 bridgehead atoms. The van der Waals surface area contributed by atoms with Crippen molar-refractivity contribution in [3.05, 3.63) is 0 Å². The molecule has 1 heterocycles. The molecular weight excluding hydrogens is 220 g/mol. The Hall–Kier alpha value is -0.610. The zero-order chi connectivity index (χ0) is 11.9. The summed E-state index contributed by atoms with van der Waals surface area (Å²) in [6, 6.07) is 0. The summed E-state index contributed by atoms with van der Waals surface area (Å²) in [5.74, 6) is -0.890. The lowest BCUT2D eigenvalue weighted by Gasteiger charge is -2.49. The summed E-state index contributed by atoms with van der Waals surface area (Å²) in [6.07, 6.45) is 6.41. The number of hydrogen-bond donors (Lipinski definition) is 1. The quantitative estimate of drug-likeness (QED) is 0.763. The first-order valence-corrected chi connectivity index (χ1v) is 6.68. The molecule has 1 N–H and O–H groups in total. The minimum absolute atomic E-state index is 0.326. The molecule has 2 atom stereocenters. The highest BCUT2D eigenvalue weighted by Gasteiger charge is 2.57. The number of carboxylic acid groups (broad SMARTS) is 1. The molecule has 0 amide bonds. The maximum atomic E-state index is 11.7. The molecule has 2 saturated carbocycles. The lowest BCUT2D eigenvalue weighted by molar-refractivity contribution is -0.225. The van der Waals surface area contributed by atoms with Gasteiger partial charge in [0.15, 0.2) is 5.79 Å². The van der Waals surface area contributed by atoms with Crippen molar-refractivity contribution in [2.75, 3.05) is 13.2 Å². The maximum Gasteiger partial charge on any atom is 0.310 e. The van der Waals surface area contributed by atoms with Crippen molar-refractivity contribution in [3.8, 4) is 0 Å². The van der Waals surface area contributed by atoms with Crippen molar-refractivity contribution in [3.63, 3.8) is 0 Å². The summed E-state index contributed by atoms with van der Waals surface area (Å²) < 4.78 is 11.4. The molecule has 3 rings (SSSR count). The molecule has 96 valence electrons. The number of carboxylic acids is 1. The van der Waals surface area contributed by atoms with E-state index in [1.54, 1.807) is 0 Å². The van der Waals surface area contributed by atoms with Gasteiger partial charge in [0.2, 0.25) is 0 Å². The summed E-state index contributed by atoms with van der Waals surface area (Å²) in [6.45, 7) is 1.22. The Bertz CT molecular complexity index is 321. The average Bonchev–Trinajstić information content (AvgIpc) is 2.77. The van der Waals surface area contributed by atoms with Gasteiger partial charge in [-0.15, -0.1) is 0 Å². The molecule has 3 fully saturated rings. The molecule has 0 aromatic carbocycles. The number of hydrogen-bond acceptors (Lipinski definition) is 3. The number of fused-ring (bicyclic) bond motifs is 1. The van der Waals surface area contributed by atoms with E-state index in [-0.39, 0.29) is 0 Å². The Balaban J connectivity index is 1.89. The van der Waals surface area contributed by atoms with Gasteiger partial charge < -0.3 is 14.6 Å². The molecule has 2 unspecified atom stereocenters. The van der Waals surface area contributed by atoms with Crippen molar-refractivity contribution in [1.29, 1.82) is 0 Å². The Morgan fingerprint density at radius 3 is 2.59 bits per heavy atom. The second-order valence-electron chi connectivity index (χ2n) is 5.73. The Morgan fingerprint density at radius 2 is 1.88 bits per heavy atom. The van der Waals surface area contributed by atoms with Crippen LogP contribution in [0.15, 0.2) is 0 Å². The average molecular weight is 240 g/mol. The number of carbonyl (C=O) groups is 1. The molecule has 0 aromatic heterocycles. The fourth-order valence-corrected chi connectivity index (χ4v) is 4.03. The van der Waals surface area contributed by atoms with Crippen LogP contribution in [-0.2, 0) is 14.3 Å². The van der Waals surface area contributed by atoms with Crippen molar-refractivity contribution in [2.24, 2.45) is 11.3 Å². The number of aliphatic carboxylic acids is 1. The molecule has 0 aromatic rings. The van der Waals surface area contributed by atoms with E-state index in [1.807, 2.05) is 0 Å². The molecule has 4 heteroatoms. The van der Waals surface area contributed by atoms with Gasteiger partial charge in [0, 0.05) is 12.8 Å². The molecule has 4 nitrogen and oxygen atoms in total. The SMILES string of the molecule is O=C(O)C12CCCCC1CCC1(C2)OCCO1. The third-order valence-corrected chi connectivity index (χ3v) is 4.90. The van der Waals surface area contributed by atoms with E-state index in [9.17, 15) is 9.90 Å². The minimum Gasteiger partial charge on any atom is -0.481 e. The predicted molar refractivity (Wildman–Crippen MR) is 60.5 cm³/mol. The van der Waals surface area contributed by atoms with Gasteiger partial charge in [-0.25, -0.2) is 0 Å². The van der Waals surface area contributed by atoms with Crippen LogP contribution >= 0.6 is 0 Å². The molecule has 0 radical (unpaired) electrons. The topological polar surface area (TPSA) is 55.8 Å². The molecule has 1 aliphatic heterocycles. The van der Waals surface area contributed by atoms with E-state index < -0.39 is 17.2 Å². The van der Waals surface area contributed by atoms with Crippen LogP contribution in [0.25, 0.3) is 0 Å². The van der Waals surface area contributed by atoms with Gasteiger partial charge in [-0.1, -0.05) is 12.8 Å². The normalized spacial score (nSPS) is 40.1. The highest BCUT2D eigenvalue weighted by atomic mass is 16.7. The van der Waals surface area contributed by atoms with Crippen molar-refractivity contribution in [1.82, 2.24) is 0 Å². The Morgan fingerprint density at radius 1 is 1.12 bits per heavy atom. The summed E-state index contributed by atoms with van der Waals surface area (Å²) in [5, 5.41) is 9.66. The largest absolute Gasteiger partial charge is 0.481 e. The van der Waals surface area contributed by atoms with Crippen LogP contribution in [-0.4, -0.2) is 30.1 Å². The second kappa shape index (κ2) is 3.95. The van der Waals surface area contributed by atoms with E-state index >= 15 is 0 Å². The lowest BCUT2D eigenvalue weighted by atomic mass is 9.58. The summed E-state index contributed by atoms with van der Waals surface area (Å²) in [5.41, 5.74) is -0.582. The first kappa shape index (κ1) is 11.5. The lowest BCUT2D eigenvalue weighted by Crippen LogP contribution is -2.52. The van der Waals surface area contributed by atoms with Crippen LogP contribution in [0.5, 0.6) is 0 Å². The highest BCUT2D eigenvalue weighted by molar-refractivity contribution is 5.75.